The number of carboxylic acids is 1. The van der Waals surface area contributed by atoms with Crippen LogP contribution in [0.25, 0.3) is 0 Å². The molecule has 0 saturated heterocycles. The highest BCUT2D eigenvalue weighted by atomic mass is 16.4. The van der Waals surface area contributed by atoms with Gasteiger partial charge < -0.3 is 26.6 Å². The van der Waals surface area contributed by atoms with Crippen molar-refractivity contribution >= 4 is 12.0 Å². The molecule has 0 rings (SSSR count). The number of urea groups is 1. The quantitative estimate of drug-likeness (QED) is 0.339. The Morgan fingerprint density at radius 1 is 1.19 bits per heavy atom. The monoisotopic (exact) mass is 233 g/mol. The lowest BCUT2D eigenvalue weighted by Crippen LogP contribution is -2.37. The minimum atomic E-state index is -1.01. The normalized spacial score (nSPS) is 11.9. The number of rotatable bonds is 8. The van der Waals surface area contributed by atoms with Gasteiger partial charge in [-0.2, -0.15) is 0 Å². The smallest absolute Gasteiger partial charge is 0.320 e. The molecular weight excluding hydrogens is 214 g/mol. The van der Waals surface area contributed by atoms with Crippen molar-refractivity contribution < 1.29 is 19.8 Å². The van der Waals surface area contributed by atoms with Crippen LogP contribution in [0.5, 0.6) is 0 Å². The zero-order chi connectivity index (χ0) is 12.4. The van der Waals surface area contributed by atoms with E-state index in [9.17, 15) is 9.59 Å². The van der Waals surface area contributed by atoms with Gasteiger partial charge in [0.15, 0.2) is 0 Å². The Bertz CT molecular complexity index is 223. The average molecular weight is 233 g/mol. The van der Waals surface area contributed by atoms with E-state index in [0.717, 1.165) is 0 Å². The number of nitrogens with one attached hydrogen (secondary N) is 2. The van der Waals surface area contributed by atoms with E-state index in [0.29, 0.717) is 25.8 Å². The number of unbranched alkanes of at least 4 members (excludes halogenated alkanes) is 1. The number of amides is 2. The van der Waals surface area contributed by atoms with Crippen LogP contribution in [-0.4, -0.2) is 48.0 Å². The summed E-state index contributed by atoms with van der Waals surface area (Å²) in [6, 6.07) is -1.17. The molecule has 7 heteroatoms. The number of hydrogen-bond acceptors (Lipinski definition) is 4. The SMILES string of the molecule is NC(CCCCNC(=O)NCCO)C(=O)O. The molecule has 1 atom stereocenters. The number of carboxylic acid groups (broad SMARTS) is 1. The number of carbonyl (C=O) groups is 2. The molecular formula is C9H19N3O4. The van der Waals surface area contributed by atoms with E-state index in [4.69, 9.17) is 15.9 Å². The van der Waals surface area contributed by atoms with Crippen LogP contribution in [0.1, 0.15) is 19.3 Å². The summed E-state index contributed by atoms with van der Waals surface area (Å²) in [4.78, 5) is 21.3. The van der Waals surface area contributed by atoms with Crippen molar-refractivity contribution in [2.24, 2.45) is 5.73 Å². The number of aliphatic carboxylic acids is 1. The summed E-state index contributed by atoms with van der Waals surface area (Å²) in [6.07, 6.45) is 1.72. The highest BCUT2D eigenvalue weighted by Gasteiger charge is 2.09. The van der Waals surface area contributed by atoms with Gasteiger partial charge in [0, 0.05) is 13.1 Å². The number of hydrogen-bond donors (Lipinski definition) is 5. The molecule has 0 heterocycles. The third kappa shape index (κ3) is 8.01. The van der Waals surface area contributed by atoms with E-state index < -0.39 is 12.0 Å². The van der Waals surface area contributed by atoms with Gasteiger partial charge in [-0.3, -0.25) is 4.79 Å². The third-order valence-corrected chi connectivity index (χ3v) is 1.94. The van der Waals surface area contributed by atoms with Crippen LogP contribution in [0.15, 0.2) is 0 Å². The van der Waals surface area contributed by atoms with Crippen LogP contribution in [0.4, 0.5) is 4.79 Å². The average Bonchev–Trinajstić information content (AvgIpc) is 2.25. The Balaban J connectivity index is 3.33. The molecule has 7 nitrogen and oxygen atoms in total. The lowest BCUT2D eigenvalue weighted by atomic mass is 10.1. The Kier molecular flexibility index (Phi) is 8.18. The zero-order valence-corrected chi connectivity index (χ0v) is 9.11. The molecule has 1 unspecified atom stereocenters. The van der Waals surface area contributed by atoms with Gasteiger partial charge in [0.1, 0.15) is 6.04 Å². The van der Waals surface area contributed by atoms with Crippen molar-refractivity contribution in [2.75, 3.05) is 19.7 Å². The maximum absolute atomic E-state index is 11.0. The summed E-state index contributed by atoms with van der Waals surface area (Å²) in [7, 11) is 0. The van der Waals surface area contributed by atoms with Crippen molar-refractivity contribution in [2.45, 2.75) is 25.3 Å². The van der Waals surface area contributed by atoms with E-state index in [1.165, 1.54) is 0 Å². The van der Waals surface area contributed by atoms with Gasteiger partial charge in [-0.1, -0.05) is 0 Å². The molecule has 0 aliphatic rings. The Hall–Kier alpha value is -1.34. The lowest BCUT2D eigenvalue weighted by molar-refractivity contribution is -0.138. The van der Waals surface area contributed by atoms with E-state index in [2.05, 4.69) is 10.6 Å². The molecule has 0 saturated carbocycles. The summed E-state index contributed by atoms with van der Waals surface area (Å²) in [5.74, 6) is -1.01. The first-order chi connectivity index (χ1) is 7.57. The molecule has 94 valence electrons. The topological polar surface area (TPSA) is 125 Å². The standard InChI is InChI=1S/C9H19N3O4/c10-7(8(14)15)3-1-2-4-11-9(16)12-5-6-13/h7,13H,1-6,10H2,(H,14,15)(H2,11,12,16). The summed E-state index contributed by atoms with van der Waals surface area (Å²) < 4.78 is 0. The second-order valence-electron chi connectivity index (χ2n) is 3.35. The maximum Gasteiger partial charge on any atom is 0.320 e. The number of aliphatic hydroxyl groups is 1. The van der Waals surface area contributed by atoms with Crippen molar-refractivity contribution in [1.29, 1.82) is 0 Å². The molecule has 16 heavy (non-hydrogen) atoms. The van der Waals surface area contributed by atoms with Gasteiger partial charge >= 0.3 is 12.0 Å². The first-order valence-corrected chi connectivity index (χ1v) is 5.19. The van der Waals surface area contributed by atoms with E-state index in [1.807, 2.05) is 0 Å². The molecule has 0 radical (unpaired) electrons. The predicted molar refractivity (Wildman–Crippen MR) is 57.9 cm³/mol. The van der Waals surface area contributed by atoms with Gasteiger partial charge in [-0.25, -0.2) is 4.79 Å². The van der Waals surface area contributed by atoms with Crippen LogP contribution in [-0.2, 0) is 4.79 Å². The second kappa shape index (κ2) is 8.93. The molecule has 0 aromatic heterocycles. The third-order valence-electron chi connectivity index (χ3n) is 1.94. The number of carbonyl (C=O) groups excluding carboxylic acids is 1. The molecule has 0 bridgehead atoms. The lowest BCUT2D eigenvalue weighted by Gasteiger charge is -2.07. The van der Waals surface area contributed by atoms with Gasteiger partial charge in [0.05, 0.1) is 6.61 Å². The van der Waals surface area contributed by atoms with Crippen molar-refractivity contribution in [3.8, 4) is 0 Å². The zero-order valence-electron chi connectivity index (χ0n) is 9.11. The van der Waals surface area contributed by atoms with Crippen molar-refractivity contribution in [3.05, 3.63) is 0 Å². The summed E-state index contributed by atoms with van der Waals surface area (Å²) in [5.41, 5.74) is 5.30. The minimum absolute atomic E-state index is 0.0963. The van der Waals surface area contributed by atoms with Gasteiger partial charge in [0.2, 0.25) is 0 Å². The fourth-order valence-corrected chi connectivity index (χ4v) is 1.05. The number of aliphatic hydroxyl groups excluding tert-OH is 1. The van der Waals surface area contributed by atoms with Gasteiger partial charge in [0.25, 0.3) is 0 Å². The van der Waals surface area contributed by atoms with Crippen LogP contribution < -0.4 is 16.4 Å². The molecule has 0 fully saturated rings. The molecule has 0 aromatic carbocycles. The van der Waals surface area contributed by atoms with Gasteiger partial charge in [-0.05, 0) is 19.3 Å². The fourth-order valence-electron chi connectivity index (χ4n) is 1.05. The first-order valence-electron chi connectivity index (χ1n) is 5.19. The summed E-state index contributed by atoms with van der Waals surface area (Å²) in [5, 5.41) is 21.9. The molecule has 2 amide bonds. The van der Waals surface area contributed by atoms with Crippen molar-refractivity contribution in [1.82, 2.24) is 10.6 Å². The highest BCUT2D eigenvalue weighted by Crippen LogP contribution is 1.97. The molecule has 0 spiro atoms. The van der Waals surface area contributed by atoms with E-state index >= 15 is 0 Å². The fraction of sp³-hybridized carbons (Fsp3) is 0.778. The van der Waals surface area contributed by atoms with E-state index in [1.54, 1.807) is 0 Å². The Labute approximate surface area is 94.0 Å². The molecule has 6 N–H and O–H groups in total. The maximum atomic E-state index is 11.0. The molecule has 0 aliphatic heterocycles. The molecule has 0 aliphatic carbocycles. The van der Waals surface area contributed by atoms with Crippen LogP contribution in [0.2, 0.25) is 0 Å². The number of nitrogens with two attached hydrogens (primary N) is 1. The second-order valence-corrected chi connectivity index (χ2v) is 3.35. The minimum Gasteiger partial charge on any atom is -0.480 e. The van der Waals surface area contributed by atoms with Crippen LogP contribution in [0.3, 0.4) is 0 Å². The van der Waals surface area contributed by atoms with Gasteiger partial charge in [-0.15, -0.1) is 0 Å². The van der Waals surface area contributed by atoms with E-state index in [-0.39, 0.29) is 19.2 Å². The van der Waals surface area contributed by atoms with Crippen LogP contribution in [0, 0.1) is 0 Å². The van der Waals surface area contributed by atoms with Crippen molar-refractivity contribution in [3.63, 3.8) is 0 Å². The highest BCUT2D eigenvalue weighted by molar-refractivity contribution is 5.73. The largest absolute Gasteiger partial charge is 0.480 e. The summed E-state index contributed by atoms with van der Waals surface area (Å²) >= 11 is 0. The Morgan fingerprint density at radius 3 is 2.38 bits per heavy atom. The molecule has 0 aromatic rings. The predicted octanol–water partition coefficient (Wildman–Crippen LogP) is -1.14. The Morgan fingerprint density at radius 2 is 1.81 bits per heavy atom. The first kappa shape index (κ1) is 14.7. The summed E-state index contributed by atoms with van der Waals surface area (Å²) in [6.45, 7) is 0.584. The van der Waals surface area contributed by atoms with Crippen LogP contribution >= 0.6 is 0 Å².